The number of hydrogen-bond acceptors (Lipinski definition) is 8. The third-order valence-corrected chi connectivity index (χ3v) is 6.25. The van der Waals surface area contributed by atoms with Crippen LogP contribution < -0.4 is 19.9 Å². The first kappa shape index (κ1) is 26.3. The Morgan fingerprint density at radius 2 is 1.54 bits per heavy atom. The minimum absolute atomic E-state index is 0.243. The number of aromatic nitrogens is 3. The monoisotopic (exact) mass is 539 g/mol. The standard InChI is InChI=1S/C26H26ClN5O4S/c1-35-22-7-2-18(3-8-22)14-29-25-12-20(6-11-24-30-15-21(27)16-31-24)13-26(32-25)36-23-9-4-19(5-10-23)17-37(28,33)34/h2-5,7-10,12-13,15-16H,6,11,14,17H2,1H3,(H,29,32)(H2,28,33,34). The highest BCUT2D eigenvalue weighted by atomic mass is 35.5. The molecule has 9 nitrogen and oxygen atoms in total. The third-order valence-electron chi connectivity index (χ3n) is 5.32. The van der Waals surface area contributed by atoms with Gasteiger partial charge >= 0.3 is 0 Å². The van der Waals surface area contributed by atoms with Crippen molar-refractivity contribution < 1.29 is 17.9 Å². The average Bonchev–Trinajstić information content (AvgIpc) is 2.88. The van der Waals surface area contributed by atoms with Crippen LogP contribution >= 0.6 is 11.6 Å². The van der Waals surface area contributed by atoms with E-state index in [-0.39, 0.29) is 5.75 Å². The smallest absolute Gasteiger partial charge is 0.221 e. The molecule has 4 aromatic rings. The molecule has 2 aromatic carbocycles. The van der Waals surface area contributed by atoms with Gasteiger partial charge in [-0.1, -0.05) is 35.9 Å². The molecule has 0 atom stereocenters. The van der Waals surface area contributed by atoms with Crippen LogP contribution in [0.15, 0.2) is 73.1 Å². The van der Waals surface area contributed by atoms with Gasteiger partial charge in [0.2, 0.25) is 15.9 Å². The van der Waals surface area contributed by atoms with Crippen LogP contribution in [-0.2, 0) is 35.2 Å². The molecule has 0 fully saturated rings. The molecule has 0 saturated heterocycles. The highest BCUT2D eigenvalue weighted by Crippen LogP contribution is 2.25. The molecule has 0 amide bonds. The van der Waals surface area contributed by atoms with Gasteiger partial charge in [-0.15, -0.1) is 0 Å². The Hall–Kier alpha value is -3.73. The molecule has 0 bridgehead atoms. The summed E-state index contributed by atoms with van der Waals surface area (Å²) in [4.78, 5) is 13.1. The summed E-state index contributed by atoms with van der Waals surface area (Å²) in [7, 11) is -1.98. The lowest BCUT2D eigenvalue weighted by atomic mass is 10.1. The summed E-state index contributed by atoms with van der Waals surface area (Å²) in [6.07, 6.45) is 4.42. The molecule has 0 aliphatic heterocycles. The van der Waals surface area contributed by atoms with Crippen molar-refractivity contribution >= 4 is 27.4 Å². The molecule has 3 N–H and O–H groups in total. The fourth-order valence-electron chi connectivity index (χ4n) is 3.51. The number of nitrogens with two attached hydrogens (primary N) is 1. The fraction of sp³-hybridized carbons (Fsp3) is 0.192. The average molecular weight is 540 g/mol. The van der Waals surface area contributed by atoms with E-state index in [1.54, 1.807) is 43.8 Å². The zero-order valence-corrected chi connectivity index (χ0v) is 21.7. The van der Waals surface area contributed by atoms with Crippen molar-refractivity contribution in [3.63, 3.8) is 0 Å². The van der Waals surface area contributed by atoms with Gasteiger partial charge in [0, 0.05) is 31.4 Å². The van der Waals surface area contributed by atoms with E-state index >= 15 is 0 Å². The summed E-state index contributed by atoms with van der Waals surface area (Å²) in [6, 6.07) is 18.3. The van der Waals surface area contributed by atoms with E-state index in [2.05, 4.69) is 20.3 Å². The van der Waals surface area contributed by atoms with Crippen molar-refractivity contribution in [1.82, 2.24) is 15.0 Å². The molecular weight excluding hydrogens is 514 g/mol. The van der Waals surface area contributed by atoms with Crippen LogP contribution in [0.1, 0.15) is 22.5 Å². The first-order valence-corrected chi connectivity index (χ1v) is 13.5. The molecule has 4 rings (SSSR count). The Morgan fingerprint density at radius 3 is 2.19 bits per heavy atom. The maximum Gasteiger partial charge on any atom is 0.221 e. The molecule has 0 saturated carbocycles. The van der Waals surface area contributed by atoms with Gasteiger partial charge < -0.3 is 14.8 Å². The summed E-state index contributed by atoms with van der Waals surface area (Å²) in [5.41, 5.74) is 2.61. The fourth-order valence-corrected chi connectivity index (χ4v) is 4.27. The number of halogens is 1. The number of nitrogens with one attached hydrogen (secondary N) is 1. The lowest BCUT2D eigenvalue weighted by Crippen LogP contribution is -2.14. The zero-order valence-electron chi connectivity index (χ0n) is 20.1. The molecule has 0 aliphatic rings. The van der Waals surface area contributed by atoms with Crippen molar-refractivity contribution in [1.29, 1.82) is 0 Å². The van der Waals surface area contributed by atoms with Crippen LogP contribution in [0.5, 0.6) is 17.4 Å². The molecule has 192 valence electrons. The van der Waals surface area contributed by atoms with Gasteiger partial charge in [-0.2, -0.15) is 4.98 Å². The molecular formula is C26H26ClN5O4S. The van der Waals surface area contributed by atoms with Crippen molar-refractivity contribution in [3.05, 3.63) is 101 Å². The number of pyridine rings is 1. The molecule has 0 unspecified atom stereocenters. The highest BCUT2D eigenvalue weighted by Gasteiger charge is 2.09. The molecule has 0 spiro atoms. The third kappa shape index (κ3) is 8.42. The van der Waals surface area contributed by atoms with Crippen molar-refractivity contribution in [2.24, 2.45) is 5.14 Å². The van der Waals surface area contributed by atoms with E-state index in [1.165, 1.54) is 0 Å². The second kappa shape index (κ2) is 12.0. The van der Waals surface area contributed by atoms with Crippen molar-refractivity contribution in [3.8, 4) is 17.4 Å². The Kier molecular flexibility index (Phi) is 8.54. The number of methoxy groups -OCH3 is 1. The van der Waals surface area contributed by atoms with E-state index in [0.29, 0.717) is 53.2 Å². The second-order valence-electron chi connectivity index (χ2n) is 8.27. The van der Waals surface area contributed by atoms with Crippen LogP contribution in [0.2, 0.25) is 5.02 Å². The molecule has 2 aromatic heterocycles. The number of nitrogens with zero attached hydrogens (tertiary/aromatic N) is 3. The number of primary sulfonamides is 1. The van der Waals surface area contributed by atoms with Crippen LogP contribution in [-0.4, -0.2) is 30.5 Å². The van der Waals surface area contributed by atoms with Crippen LogP contribution in [0.25, 0.3) is 0 Å². The summed E-state index contributed by atoms with van der Waals surface area (Å²) >= 11 is 5.89. The molecule has 11 heteroatoms. The minimum Gasteiger partial charge on any atom is -0.497 e. The zero-order chi connectivity index (χ0) is 26.3. The predicted molar refractivity (Wildman–Crippen MR) is 142 cm³/mol. The highest BCUT2D eigenvalue weighted by molar-refractivity contribution is 7.88. The lowest BCUT2D eigenvalue weighted by molar-refractivity contribution is 0.414. The van der Waals surface area contributed by atoms with Gasteiger partial charge in [0.1, 0.15) is 23.1 Å². The second-order valence-corrected chi connectivity index (χ2v) is 10.3. The normalized spacial score (nSPS) is 11.2. The first-order chi connectivity index (χ1) is 17.8. The number of benzene rings is 2. The van der Waals surface area contributed by atoms with Crippen molar-refractivity contribution in [2.75, 3.05) is 12.4 Å². The van der Waals surface area contributed by atoms with E-state index in [4.69, 9.17) is 26.2 Å². The number of ether oxygens (including phenoxy) is 2. The molecule has 2 heterocycles. The van der Waals surface area contributed by atoms with E-state index in [0.717, 1.165) is 16.9 Å². The molecule has 0 radical (unpaired) electrons. The number of hydrogen-bond donors (Lipinski definition) is 2. The molecule has 37 heavy (non-hydrogen) atoms. The lowest BCUT2D eigenvalue weighted by Gasteiger charge is -2.12. The summed E-state index contributed by atoms with van der Waals surface area (Å²) in [5.74, 6) is 2.79. The quantitative estimate of drug-likeness (QED) is 0.285. The van der Waals surface area contributed by atoms with E-state index in [1.807, 2.05) is 36.4 Å². The van der Waals surface area contributed by atoms with Crippen LogP contribution in [0, 0.1) is 0 Å². The maximum absolute atomic E-state index is 11.3. The number of sulfonamides is 1. The Morgan fingerprint density at radius 1 is 0.892 bits per heavy atom. The van der Waals surface area contributed by atoms with Gasteiger partial charge in [0.25, 0.3) is 0 Å². The first-order valence-electron chi connectivity index (χ1n) is 11.4. The summed E-state index contributed by atoms with van der Waals surface area (Å²) in [6.45, 7) is 0.558. The van der Waals surface area contributed by atoms with Crippen LogP contribution in [0.3, 0.4) is 0 Å². The Labute approximate surface area is 220 Å². The molecule has 0 aliphatic carbocycles. The van der Waals surface area contributed by atoms with Gasteiger partial charge in [-0.25, -0.2) is 23.5 Å². The minimum atomic E-state index is -3.61. The topological polar surface area (TPSA) is 129 Å². The number of rotatable bonds is 11. The number of anilines is 1. The Bertz CT molecular complexity index is 1430. The van der Waals surface area contributed by atoms with Gasteiger partial charge in [0.15, 0.2) is 0 Å². The van der Waals surface area contributed by atoms with Gasteiger partial charge in [-0.3, -0.25) is 0 Å². The van der Waals surface area contributed by atoms with Crippen molar-refractivity contribution in [2.45, 2.75) is 25.1 Å². The van der Waals surface area contributed by atoms with Crippen LogP contribution in [0.4, 0.5) is 5.82 Å². The van der Waals surface area contributed by atoms with Gasteiger partial charge in [0.05, 0.1) is 17.9 Å². The predicted octanol–water partition coefficient (Wildman–Crippen LogP) is 4.51. The van der Waals surface area contributed by atoms with E-state index in [9.17, 15) is 8.42 Å². The number of aryl methyl sites for hydroxylation is 2. The largest absolute Gasteiger partial charge is 0.497 e. The Balaban J connectivity index is 1.51. The van der Waals surface area contributed by atoms with Gasteiger partial charge in [-0.05, 0) is 53.4 Å². The SMILES string of the molecule is COc1ccc(CNc2cc(CCc3ncc(Cl)cn3)cc(Oc3ccc(CS(N)(=O)=O)cc3)n2)cc1. The summed E-state index contributed by atoms with van der Waals surface area (Å²) < 4.78 is 33.9. The summed E-state index contributed by atoms with van der Waals surface area (Å²) in [5, 5.41) is 8.96. The maximum atomic E-state index is 11.3. The van der Waals surface area contributed by atoms with E-state index < -0.39 is 10.0 Å².